The number of nitrogens with one attached hydrogen (secondary N) is 1. The Kier molecular flexibility index (Phi) is 16.3. The molecule has 0 saturated carbocycles. The number of benzene rings is 5. The molecule has 0 saturated heterocycles. The van der Waals surface area contributed by atoms with E-state index in [1.54, 1.807) is 28.0 Å². The van der Waals surface area contributed by atoms with Crippen LogP contribution in [0, 0.1) is 6.92 Å². The monoisotopic (exact) mass is 1040 g/mol. The van der Waals surface area contributed by atoms with Gasteiger partial charge in [-0.05, 0) is 96.1 Å². The molecule has 2 atom stereocenters. The molecule has 5 aromatic carbocycles. The second-order valence-corrected chi connectivity index (χ2v) is 19.2. The van der Waals surface area contributed by atoms with Gasteiger partial charge in [0.1, 0.15) is 37.1 Å². The molecule has 352 valence electrons. The summed E-state index contributed by atoms with van der Waals surface area (Å²) in [5, 5.41) is 24.0. The Labute approximate surface area is 408 Å². The van der Waals surface area contributed by atoms with E-state index in [4.69, 9.17) is 14.2 Å². The van der Waals surface area contributed by atoms with E-state index in [0.29, 0.717) is 99.6 Å². The standard InChI is InChI=1S/C22H26N2O3.C21H23BrN2O3.C9H8BrNO2/c1-16-6-7-20-21(12-16)27-11-10-24(22(20)26)15-19(25)14-23-9-8-17-4-2-3-5-18(17)13-23;22-17-5-6-19-20(11-17)27-10-9-24(21(19)26)14-18(25)13-23-8-7-15-3-1-2-4-16(15)12-23;10-6-1-2-7-8(5-6)13-4-3-11-9(7)12/h2-7,12,19,25H,8-11,13-15H2,1H3;1-6,11,18,25H,7-10,12-14H2;1-2,5H,3-4H2,(H,11,12)/t19-;18-;/m11./s1. The molecule has 13 nitrogen and oxygen atoms in total. The van der Waals surface area contributed by atoms with Crippen LogP contribution in [-0.2, 0) is 25.9 Å². The van der Waals surface area contributed by atoms with Crippen LogP contribution in [0.5, 0.6) is 17.2 Å². The number of aliphatic hydroxyl groups is 2. The topological polar surface area (TPSA) is 144 Å². The summed E-state index contributed by atoms with van der Waals surface area (Å²) in [5.41, 5.74) is 8.25. The summed E-state index contributed by atoms with van der Waals surface area (Å²) in [4.78, 5) is 45.1. The molecule has 0 unspecified atom stereocenters. The number of hydrogen-bond donors (Lipinski definition) is 3. The van der Waals surface area contributed by atoms with Crippen molar-refractivity contribution in [2.24, 2.45) is 0 Å². The molecular weight excluding hydrogens is 982 g/mol. The molecule has 5 heterocycles. The van der Waals surface area contributed by atoms with Crippen molar-refractivity contribution in [2.75, 3.05) is 78.7 Å². The Hall–Kier alpha value is -5.29. The quantitative estimate of drug-likeness (QED) is 0.157. The van der Waals surface area contributed by atoms with Gasteiger partial charge in [0.05, 0.1) is 48.5 Å². The van der Waals surface area contributed by atoms with Crippen LogP contribution in [0.1, 0.15) is 58.9 Å². The Bertz CT molecular complexity index is 2420. The summed E-state index contributed by atoms with van der Waals surface area (Å²) in [6.45, 7) is 10.3. The van der Waals surface area contributed by atoms with Crippen molar-refractivity contribution in [2.45, 2.75) is 45.1 Å². The molecule has 0 aliphatic carbocycles. The van der Waals surface area contributed by atoms with Crippen LogP contribution in [0.4, 0.5) is 0 Å². The highest BCUT2D eigenvalue weighted by Gasteiger charge is 2.29. The van der Waals surface area contributed by atoms with Crippen LogP contribution in [0.25, 0.3) is 0 Å². The van der Waals surface area contributed by atoms with Gasteiger partial charge in [0.15, 0.2) is 0 Å². The second-order valence-electron chi connectivity index (χ2n) is 17.4. The second kappa shape index (κ2) is 22.7. The lowest BCUT2D eigenvalue weighted by molar-refractivity contribution is 0.0500. The van der Waals surface area contributed by atoms with E-state index in [9.17, 15) is 24.6 Å². The average Bonchev–Trinajstić information content (AvgIpc) is 3.67. The fraction of sp³-hybridized carbons (Fsp3) is 0.365. The molecule has 3 N–H and O–H groups in total. The highest BCUT2D eigenvalue weighted by Crippen LogP contribution is 2.29. The van der Waals surface area contributed by atoms with E-state index in [1.165, 1.54) is 22.3 Å². The third-order valence-electron chi connectivity index (χ3n) is 12.4. The first-order valence-corrected chi connectivity index (χ1v) is 24.5. The van der Waals surface area contributed by atoms with Crippen LogP contribution in [0.3, 0.4) is 0 Å². The third kappa shape index (κ3) is 12.6. The number of hydrogen-bond acceptors (Lipinski definition) is 10. The minimum atomic E-state index is -0.587. The molecule has 0 radical (unpaired) electrons. The molecule has 67 heavy (non-hydrogen) atoms. The van der Waals surface area contributed by atoms with E-state index in [-0.39, 0.29) is 17.7 Å². The Morgan fingerprint density at radius 3 is 1.54 bits per heavy atom. The number of aryl methyl sites for hydroxylation is 1. The smallest absolute Gasteiger partial charge is 0.257 e. The zero-order valence-electron chi connectivity index (χ0n) is 37.7. The van der Waals surface area contributed by atoms with Gasteiger partial charge in [-0.1, -0.05) is 86.5 Å². The van der Waals surface area contributed by atoms with E-state index in [2.05, 4.69) is 95.5 Å². The number of nitrogens with zero attached hydrogens (tertiary/aromatic N) is 4. The predicted octanol–water partition coefficient (Wildman–Crippen LogP) is 6.52. The number of fused-ring (bicyclic) bond motifs is 5. The van der Waals surface area contributed by atoms with Gasteiger partial charge >= 0.3 is 0 Å². The Morgan fingerprint density at radius 2 is 1.00 bits per heavy atom. The minimum Gasteiger partial charge on any atom is -0.491 e. The molecule has 15 heteroatoms. The van der Waals surface area contributed by atoms with Crippen LogP contribution in [-0.4, -0.2) is 138 Å². The summed E-state index contributed by atoms with van der Waals surface area (Å²) in [7, 11) is 0. The molecule has 10 rings (SSSR count). The number of carbonyl (C=O) groups excluding carboxylic acids is 3. The summed E-state index contributed by atoms with van der Waals surface area (Å²) in [5.74, 6) is 1.66. The van der Waals surface area contributed by atoms with Crippen molar-refractivity contribution in [3.05, 3.63) is 157 Å². The van der Waals surface area contributed by atoms with E-state index in [0.717, 1.165) is 53.5 Å². The van der Waals surface area contributed by atoms with Gasteiger partial charge in [-0.3, -0.25) is 24.2 Å². The minimum absolute atomic E-state index is 0.0643. The highest BCUT2D eigenvalue weighted by atomic mass is 79.9. The predicted molar refractivity (Wildman–Crippen MR) is 263 cm³/mol. The number of carbonyl (C=O) groups is 3. The fourth-order valence-electron chi connectivity index (χ4n) is 9.01. The molecule has 3 amide bonds. The summed E-state index contributed by atoms with van der Waals surface area (Å²) in [6, 6.07) is 33.4. The van der Waals surface area contributed by atoms with Crippen LogP contribution < -0.4 is 19.5 Å². The molecule has 0 bridgehead atoms. The molecule has 5 aromatic rings. The summed E-state index contributed by atoms with van der Waals surface area (Å²) in [6.07, 6.45) is 0.843. The maximum absolute atomic E-state index is 12.9. The van der Waals surface area contributed by atoms with Crippen LogP contribution >= 0.6 is 31.9 Å². The van der Waals surface area contributed by atoms with Gasteiger partial charge < -0.3 is 39.5 Å². The van der Waals surface area contributed by atoms with Crippen LogP contribution in [0.15, 0.2) is 112 Å². The number of β-amino-alcohol motifs (C(OH)–C–C–N with tert-alkyl or cyclic N) is 2. The van der Waals surface area contributed by atoms with Crippen molar-refractivity contribution >= 4 is 49.6 Å². The number of aliphatic hydroxyl groups excluding tert-OH is 2. The normalized spacial score (nSPS) is 17.7. The largest absolute Gasteiger partial charge is 0.491 e. The van der Waals surface area contributed by atoms with Crippen molar-refractivity contribution in [3.63, 3.8) is 0 Å². The van der Waals surface area contributed by atoms with E-state index < -0.39 is 12.2 Å². The Morgan fingerprint density at radius 1 is 0.552 bits per heavy atom. The zero-order chi connectivity index (χ0) is 46.9. The number of ether oxygens (including phenoxy) is 3. The van der Waals surface area contributed by atoms with Crippen molar-refractivity contribution in [1.82, 2.24) is 24.9 Å². The fourth-order valence-corrected chi connectivity index (χ4v) is 9.69. The van der Waals surface area contributed by atoms with Gasteiger partial charge in [-0.2, -0.15) is 0 Å². The van der Waals surface area contributed by atoms with Gasteiger partial charge in [0, 0.05) is 61.3 Å². The van der Waals surface area contributed by atoms with Crippen molar-refractivity contribution in [1.29, 1.82) is 0 Å². The SMILES string of the molecule is Cc1ccc2c(c1)OCCN(C[C@H](O)CN1CCc3ccccc3C1)C2=O.O=C1NCCOc2cc(Br)ccc21.O=C1c2ccc(Br)cc2OCCN1C[C@H](O)CN1CCc2ccccc2C1. The first-order chi connectivity index (χ1) is 32.5. The van der Waals surface area contributed by atoms with Gasteiger partial charge in [0.25, 0.3) is 17.7 Å². The number of amides is 3. The van der Waals surface area contributed by atoms with E-state index >= 15 is 0 Å². The lowest BCUT2D eigenvalue weighted by Crippen LogP contribution is -2.44. The lowest BCUT2D eigenvalue weighted by Gasteiger charge is -2.32. The third-order valence-corrected chi connectivity index (χ3v) is 13.4. The number of halogens is 2. The molecule has 0 spiro atoms. The first-order valence-electron chi connectivity index (χ1n) is 22.9. The summed E-state index contributed by atoms with van der Waals surface area (Å²) < 4.78 is 18.6. The van der Waals surface area contributed by atoms with Crippen molar-refractivity contribution < 1.29 is 38.8 Å². The van der Waals surface area contributed by atoms with Crippen molar-refractivity contribution in [3.8, 4) is 17.2 Å². The molecule has 5 aliphatic rings. The van der Waals surface area contributed by atoms with E-state index in [1.807, 2.05) is 43.3 Å². The maximum atomic E-state index is 12.9. The molecule has 0 fully saturated rings. The molecule has 5 aliphatic heterocycles. The average molecular weight is 1040 g/mol. The highest BCUT2D eigenvalue weighted by molar-refractivity contribution is 9.10. The molecule has 0 aromatic heterocycles. The maximum Gasteiger partial charge on any atom is 0.257 e. The van der Waals surface area contributed by atoms with Crippen LogP contribution in [0.2, 0.25) is 0 Å². The zero-order valence-corrected chi connectivity index (χ0v) is 40.8. The lowest BCUT2D eigenvalue weighted by atomic mass is 10.00. The number of rotatable bonds is 8. The van der Waals surface area contributed by atoms with Gasteiger partial charge in [0.2, 0.25) is 0 Å². The summed E-state index contributed by atoms with van der Waals surface area (Å²) >= 11 is 6.73. The molecular formula is C52H57Br2N5O8. The van der Waals surface area contributed by atoms with Gasteiger partial charge in [-0.25, -0.2) is 0 Å². The van der Waals surface area contributed by atoms with Gasteiger partial charge in [-0.15, -0.1) is 0 Å². The Balaban J connectivity index is 0.000000145. The first kappa shape index (κ1) is 48.2.